The van der Waals surface area contributed by atoms with Crippen LogP contribution in [-0.4, -0.2) is 46.7 Å². The molecule has 2 aromatic rings. The van der Waals surface area contributed by atoms with E-state index in [4.69, 9.17) is 0 Å². The number of H-pyrrole nitrogens is 1. The number of hydrogen-bond acceptors (Lipinski definition) is 4. The van der Waals surface area contributed by atoms with Crippen LogP contribution in [0.4, 0.5) is 0 Å². The maximum absolute atomic E-state index is 12.2. The number of aromatic nitrogens is 2. The van der Waals surface area contributed by atoms with Crippen molar-refractivity contribution >= 4 is 5.91 Å². The first-order valence-corrected chi connectivity index (χ1v) is 8.26. The fourth-order valence-electron chi connectivity index (χ4n) is 2.73. The van der Waals surface area contributed by atoms with Gasteiger partial charge in [-0.2, -0.15) is 5.10 Å². The zero-order chi connectivity index (χ0) is 17.4. The van der Waals surface area contributed by atoms with E-state index in [2.05, 4.69) is 46.4 Å². The normalized spacial score (nSPS) is 12.1. The smallest absolute Gasteiger partial charge is 0.271 e. The molecule has 0 radical (unpaired) electrons. The molecular formula is C18H24N4O2. The number of hydrogen-bond donors (Lipinski definition) is 2. The molecule has 1 aromatic carbocycles. The minimum Gasteiger partial charge on any atom is -0.349 e. The van der Waals surface area contributed by atoms with Crippen LogP contribution in [0.3, 0.4) is 0 Å². The van der Waals surface area contributed by atoms with Crippen LogP contribution < -0.4 is 10.9 Å². The number of benzene rings is 1. The highest BCUT2D eigenvalue weighted by Crippen LogP contribution is 2.09. The van der Waals surface area contributed by atoms with E-state index in [9.17, 15) is 9.59 Å². The van der Waals surface area contributed by atoms with Gasteiger partial charge in [-0.1, -0.05) is 44.2 Å². The summed E-state index contributed by atoms with van der Waals surface area (Å²) in [5, 5.41) is 8.96. The molecule has 1 amide bonds. The average molecular weight is 328 g/mol. The summed E-state index contributed by atoms with van der Waals surface area (Å²) in [6.45, 7) is 6.59. The number of nitrogens with one attached hydrogen (secondary N) is 2. The molecule has 0 bridgehead atoms. The molecule has 1 aromatic heterocycles. The predicted octanol–water partition coefficient (Wildman–Crippen LogP) is 1.45. The molecule has 0 aliphatic heterocycles. The van der Waals surface area contributed by atoms with Gasteiger partial charge in [0.2, 0.25) is 0 Å². The summed E-state index contributed by atoms with van der Waals surface area (Å²) in [5.41, 5.74) is 1.13. The molecule has 0 unspecified atom stereocenters. The Bertz CT molecular complexity index is 675. The van der Waals surface area contributed by atoms with Gasteiger partial charge in [-0.3, -0.25) is 14.5 Å². The molecule has 6 heteroatoms. The summed E-state index contributed by atoms with van der Waals surface area (Å²) >= 11 is 0. The van der Waals surface area contributed by atoms with Gasteiger partial charge < -0.3 is 5.32 Å². The highest BCUT2D eigenvalue weighted by Gasteiger charge is 2.18. The lowest BCUT2D eigenvalue weighted by Crippen LogP contribution is -2.45. The van der Waals surface area contributed by atoms with Gasteiger partial charge in [0.25, 0.3) is 11.5 Å². The van der Waals surface area contributed by atoms with E-state index in [1.165, 1.54) is 17.7 Å². The topological polar surface area (TPSA) is 78.1 Å². The molecule has 2 rings (SSSR count). The van der Waals surface area contributed by atoms with Crippen molar-refractivity contribution in [1.29, 1.82) is 0 Å². The Kier molecular flexibility index (Phi) is 6.69. The molecule has 0 fully saturated rings. The molecule has 0 aliphatic carbocycles. The van der Waals surface area contributed by atoms with E-state index < -0.39 is 0 Å². The first-order chi connectivity index (χ1) is 11.6. The van der Waals surface area contributed by atoms with E-state index in [0.29, 0.717) is 6.54 Å². The highest BCUT2D eigenvalue weighted by molar-refractivity contribution is 5.91. The van der Waals surface area contributed by atoms with E-state index in [1.807, 2.05) is 18.2 Å². The molecule has 128 valence electrons. The van der Waals surface area contributed by atoms with E-state index in [0.717, 1.165) is 19.5 Å². The number of rotatable bonds is 8. The van der Waals surface area contributed by atoms with Gasteiger partial charge in [-0.25, -0.2) is 5.10 Å². The molecule has 0 saturated carbocycles. The summed E-state index contributed by atoms with van der Waals surface area (Å²) in [5.74, 6) is -0.281. The van der Waals surface area contributed by atoms with Crippen LogP contribution in [0, 0.1) is 0 Å². The molecule has 0 spiro atoms. The number of carbonyl (C=O) groups is 1. The Morgan fingerprint density at radius 3 is 2.46 bits per heavy atom. The predicted molar refractivity (Wildman–Crippen MR) is 94.0 cm³/mol. The molecule has 2 N–H and O–H groups in total. The van der Waals surface area contributed by atoms with Gasteiger partial charge in [-0.05, 0) is 31.1 Å². The number of amides is 1. The van der Waals surface area contributed by atoms with Gasteiger partial charge in [-0.15, -0.1) is 0 Å². The zero-order valence-corrected chi connectivity index (χ0v) is 14.2. The first-order valence-electron chi connectivity index (χ1n) is 8.26. The van der Waals surface area contributed by atoms with E-state index in [-0.39, 0.29) is 23.2 Å². The Balaban J connectivity index is 2.03. The maximum atomic E-state index is 12.2. The van der Waals surface area contributed by atoms with Crippen molar-refractivity contribution in [2.45, 2.75) is 26.3 Å². The van der Waals surface area contributed by atoms with Crippen LogP contribution in [0.5, 0.6) is 0 Å². The van der Waals surface area contributed by atoms with E-state index in [1.54, 1.807) is 0 Å². The third-order valence-corrected chi connectivity index (χ3v) is 4.05. The Labute approximate surface area is 141 Å². The molecular weight excluding hydrogens is 304 g/mol. The summed E-state index contributed by atoms with van der Waals surface area (Å²) in [6, 6.07) is 13.2. The lowest BCUT2D eigenvalue weighted by Gasteiger charge is -2.30. The second-order valence-electron chi connectivity index (χ2n) is 5.58. The summed E-state index contributed by atoms with van der Waals surface area (Å²) in [7, 11) is 0. The van der Waals surface area contributed by atoms with Crippen LogP contribution >= 0.6 is 0 Å². The number of carbonyl (C=O) groups excluding carboxylic acids is 1. The molecule has 1 heterocycles. The fraction of sp³-hybridized carbons (Fsp3) is 0.389. The standard InChI is InChI=1S/C18H24N4O2/c1-3-22(4-2)15(12-14-8-6-5-7-9-14)13-19-18(24)16-10-11-17(23)21-20-16/h5-11,15H,3-4,12-13H2,1-2H3,(H,19,24)(H,21,23)/t15-/m1/s1. The summed E-state index contributed by atoms with van der Waals surface area (Å²) in [4.78, 5) is 25.5. The maximum Gasteiger partial charge on any atom is 0.271 e. The fourth-order valence-corrected chi connectivity index (χ4v) is 2.73. The molecule has 6 nitrogen and oxygen atoms in total. The Morgan fingerprint density at radius 1 is 1.17 bits per heavy atom. The summed E-state index contributed by atoms with van der Waals surface area (Å²) < 4.78 is 0. The Hall–Kier alpha value is -2.47. The lowest BCUT2D eigenvalue weighted by atomic mass is 10.0. The molecule has 24 heavy (non-hydrogen) atoms. The van der Waals surface area contributed by atoms with Crippen LogP contribution in [0.25, 0.3) is 0 Å². The van der Waals surface area contributed by atoms with Crippen LogP contribution in [0.15, 0.2) is 47.3 Å². The van der Waals surface area contributed by atoms with E-state index >= 15 is 0 Å². The van der Waals surface area contributed by atoms with Gasteiger partial charge in [0.05, 0.1) is 0 Å². The Morgan fingerprint density at radius 2 is 1.88 bits per heavy atom. The van der Waals surface area contributed by atoms with Crippen LogP contribution in [0.1, 0.15) is 29.9 Å². The van der Waals surface area contributed by atoms with Crippen molar-refractivity contribution in [3.8, 4) is 0 Å². The third-order valence-electron chi connectivity index (χ3n) is 4.05. The van der Waals surface area contributed by atoms with Crippen molar-refractivity contribution < 1.29 is 4.79 Å². The lowest BCUT2D eigenvalue weighted by molar-refractivity contribution is 0.0928. The first kappa shape index (κ1) is 17.9. The number of nitrogens with zero attached hydrogens (tertiary/aromatic N) is 2. The monoisotopic (exact) mass is 328 g/mol. The number of likely N-dealkylation sites (N-methyl/N-ethyl adjacent to an activating group) is 1. The molecule has 1 atom stereocenters. The van der Waals surface area contributed by atoms with Gasteiger partial charge in [0.1, 0.15) is 5.69 Å². The van der Waals surface area contributed by atoms with Gasteiger partial charge >= 0.3 is 0 Å². The quantitative estimate of drug-likeness (QED) is 0.769. The van der Waals surface area contributed by atoms with Gasteiger partial charge in [0, 0.05) is 18.7 Å². The molecule has 0 saturated heterocycles. The van der Waals surface area contributed by atoms with Crippen LogP contribution in [0.2, 0.25) is 0 Å². The SMILES string of the molecule is CCN(CC)[C@@H](CNC(=O)c1ccc(=O)[nH]n1)Cc1ccccc1. The average Bonchev–Trinajstić information content (AvgIpc) is 2.61. The van der Waals surface area contributed by atoms with Crippen molar-refractivity contribution in [3.63, 3.8) is 0 Å². The highest BCUT2D eigenvalue weighted by atomic mass is 16.2. The van der Waals surface area contributed by atoms with Crippen molar-refractivity contribution in [2.24, 2.45) is 0 Å². The third kappa shape index (κ3) is 5.03. The number of aromatic amines is 1. The van der Waals surface area contributed by atoms with Crippen molar-refractivity contribution in [3.05, 3.63) is 64.1 Å². The van der Waals surface area contributed by atoms with Crippen LogP contribution in [-0.2, 0) is 6.42 Å². The van der Waals surface area contributed by atoms with Crippen molar-refractivity contribution in [2.75, 3.05) is 19.6 Å². The largest absolute Gasteiger partial charge is 0.349 e. The minimum absolute atomic E-state index is 0.203. The van der Waals surface area contributed by atoms with Crippen molar-refractivity contribution in [1.82, 2.24) is 20.4 Å². The zero-order valence-electron chi connectivity index (χ0n) is 14.2. The molecule has 0 aliphatic rings. The second kappa shape index (κ2) is 8.98. The summed E-state index contributed by atoms with van der Waals surface area (Å²) in [6.07, 6.45) is 0.863. The van der Waals surface area contributed by atoms with Gasteiger partial charge in [0.15, 0.2) is 0 Å². The second-order valence-corrected chi connectivity index (χ2v) is 5.58. The minimum atomic E-state index is -0.323.